The van der Waals surface area contributed by atoms with Crippen molar-refractivity contribution in [1.29, 1.82) is 5.26 Å². The zero-order valence-electron chi connectivity index (χ0n) is 10.5. The Morgan fingerprint density at radius 1 is 1.22 bits per heavy atom. The van der Waals surface area contributed by atoms with Crippen LogP contribution in [-0.4, -0.2) is 6.04 Å². The molecule has 0 amide bonds. The third-order valence-electron chi connectivity index (χ3n) is 3.83. The Morgan fingerprint density at radius 2 is 2.00 bits per heavy atom. The van der Waals surface area contributed by atoms with Gasteiger partial charge < -0.3 is 5.32 Å². The Kier molecular flexibility index (Phi) is 2.68. The van der Waals surface area contributed by atoms with Crippen molar-refractivity contribution < 1.29 is 0 Å². The van der Waals surface area contributed by atoms with E-state index in [-0.39, 0.29) is 0 Å². The van der Waals surface area contributed by atoms with Gasteiger partial charge in [0.05, 0.1) is 11.6 Å². The Bertz CT molecular complexity index is 625. The summed E-state index contributed by atoms with van der Waals surface area (Å²) in [5, 5.41) is 14.9. The van der Waals surface area contributed by atoms with Crippen LogP contribution in [0.2, 0.25) is 0 Å². The fourth-order valence-electron chi connectivity index (χ4n) is 2.60. The molecule has 2 nitrogen and oxygen atoms in total. The number of benzene rings is 2. The molecule has 0 radical (unpaired) electrons. The van der Waals surface area contributed by atoms with E-state index >= 15 is 0 Å². The number of nitrogens with zero attached hydrogens (tertiary/aromatic N) is 1. The molecule has 0 spiro atoms. The molecule has 0 aromatic heterocycles. The first-order valence-electron chi connectivity index (χ1n) is 6.52. The zero-order valence-corrected chi connectivity index (χ0v) is 10.5. The summed E-state index contributed by atoms with van der Waals surface area (Å²) in [4.78, 5) is 0. The van der Waals surface area contributed by atoms with Gasteiger partial charge in [0.2, 0.25) is 0 Å². The number of nitrogens with one attached hydrogen (secondary N) is 1. The highest BCUT2D eigenvalue weighted by Crippen LogP contribution is 2.38. The van der Waals surface area contributed by atoms with Crippen LogP contribution in [0.4, 0.5) is 5.69 Å². The molecule has 1 N–H and O–H groups in total. The van der Waals surface area contributed by atoms with Crippen molar-refractivity contribution in [1.82, 2.24) is 0 Å². The van der Waals surface area contributed by atoms with E-state index in [4.69, 9.17) is 5.26 Å². The van der Waals surface area contributed by atoms with Crippen molar-refractivity contribution in [3.8, 4) is 6.07 Å². The van der Waals surface area contributed by atoms with E-state index in [0.29, 0.717) is 6.04 Å². The fraction of sp³-hybridized carbons (Fsp3) is 0.312. The van der Waals surface area contributed by atoms with Crippen molar-refractivity contribution >= 4 is 16.5 Å². The van der Waals surface area contributed by atoms with Gasteiger partial charge in [-0.2, -0.15) is 5.26 Å². The Balaban J connectivity index is 2.01. The predicted octanol–water partition coefficient (Wildman–Crippen LogP) is 3.92. The van der Waals surface area contributed by atoms with Crippen LogP contribution in [0.5, 0.6) is 0 Å². The Morgan fingerprint density at radius 3 is 2.67 bits per heavy atom. The summed E-state index contributed by atoms with van der Waals surface area (Å²) in [6.45, 7) is 2.24. The average molecular weight is 236 g/mol. The van der Waals surface area contributed by atoms with Crippen molar-refractivity contribution in [2.24, 2.45) is 5.92 Å². The van der Waals surface area contributed by atoms with E-state index in [1.807, 2.05) is 30.3 Å². The lowest BCUT2D eigenvalue weighted by molar-refractivity contribution is 0.775. The van der Waals surface area contributed by atoms with Gasteiger partial charge in [-0.3, -0.25) is 0 Å². The van der Waals surface area contributed by atoms with Crippen molar-refractivity contribution in [2.75, 3.05) is 5.32 Å². The number of nitriles is 1. The first-order chi connectivity index (χ1) is 8.83. The van der Waals surface area contributed by atoms with Gasteiger partial charge in [0.25, 0.3) is 0 Å². The summed E-state index contributed by atoms with van der Waals surface area (Å²) in [7, 11) is 0. The standard InChI is InChI=1S/C16H16N2/c1-2-11-9-16(11)18-15-8-7-12(10-17)13-5-3-4-6-14(13)15/h3-8,11,16,18H,2,9H2,1H3. The van der Waals surface area contributed by atoms with Crippen LogP contribution in [0.3, 0.4) is 0 Å². The lowest BCUT2D eigenvalue weighted by Gasteiger charge is -2.10. The minimum absolute atomic E-state index is 0.617. The summed E-state index contributed by atoms with van der Waals surface area (Å²) < 4.78 is 0. The number of rotatable bonds is 3. The molecule has 0 bridgehead atoms. The second-order valence-electron chi connectivity index (χ2n) is 4.97. The van der Waals surface area contributed by atoms with Crippen LogP contribution in [0, 0.1) is 17.2 Å². The molecule has 2 unspecified atom stereocenters. The summed E-state index contributed by atoms with van der Waals surface area (Å²) >= 11 is 0. The van der Waals surface area contributed by atoms with Gasteiger partial charge in [-0.05, 0) is 24.5 Å². The summed E-state index contributed by atoms with van der Waals surface area (Å²) in [5.74, 6) is 0.819. The van der Waals surface area contributed by atoms with Gasteiger partial charge in [0.15, 0.2) is 0 Å². The molecule has 1 aliphatic rings. The number of hydrogen-bond donors (Lipinski definition) is 1. The van der Waals surface area contributed by atoms with E-state index < -0.39 is 0 Å². The third kappa shape index (κ3) is 1.82. The molecular formula is C16H16N2. The molecule has 90 valence electrons. The van der Waals surface area contributed by atoms with E-state index in [1.165, 1.54) is 12.8 Å². The quantitative estimate of drug-likeness (QED) is 0.876. The number of anilines is 1. The van der Waals surface area contributed by atoms with E-state index in [1.54, 1.807) is 0 Å². The van der Waals surface area contributed by atoms with Crippen LogP contribution >= 0.6 is 0 Å². The van der Waals surface area contributed by atoms with E-state index in [2.05, 4.69) is 24.4 Å². The van der Waals surface area contributed by atoms with E-state index in [9.17, 15) is 0 Å². The first kappa shape index (κ1) is 11.1. The fourth-order valence-corrected chi connectivity index (χ4v) is 2.60. The topological polar surface area (TPSA) is 35.8 Å². The zero-order chi connectivity index (χ0) is 12.5. The molecule has 2 aromatic rings. The van der Waals surface area contributed by atoms with Gasteiger partial charge >= 0.3 is 0 Å². The minimum Gasteiger partial charge on any atom is -0.382 e. The van der Waals surface area contributed by atoms with Gasteiger partial charge in [-0.1, -0.05) is 37.6 Å². The van der Waals surface area contributed by atoms with Crippen LogP contribution in [0.25, 0.3) is 10.8 Å². The summed E-state index contributed by atoms with van der Waals surface area (Å²) in [6.07, 6.45) is 2.51. The lowest BCUT2D eigenvalue weighted by atomic mass is 10.0. The summed E-state index contributed by atoms with van der Waals surface area (Å²) in [6, 6.07) is 14.9. The Labute approximate surface area is 107 Å². The Hall–Kier alpha value is -2.01. The largest absolute Gasteiger partial charge is 0.382 e. The highest BCUT2D eigenvalue weighted by atomic mass is 15.0. The number of fused-ring (bicyclic) bond motifs is 1. The molecular weight excluding hydrogens is 220 g/mol. The molecule has 3 rings (SSSR count). The van der Waals surface area contributed by atoms with Crippen LogP contribution in [0.1, 0.15) is 25.3 Å². The molecule has 1 fully saturated rings. The second kappa shape index (κ2) is 4.34. The third-order valence-corrected chi connectivity index (χ3v) is 3.83. The van der Waals surface area contributed by atoms with Crippen LogP contribution in [0.15, 0.2) is 36.4 Å². The first-order valence-corrected chi connectivity index (χ1v) is 6.52. The highest BCUT2D eigenvalue weighted by molar-refractivity contribution is 5.97. The molecule has 0 heterocycles. The van der Waals surface area contributed by atoms with Gasteiger partial charge in [0, 0.05) is 22.5 Å². The molecule has 2 heteroatoms. The van der Waals surface area contributed by atoms with Gasteiger partial charge in [0.1, 0.15) is 0 Å². The van der Waals surface area contributed by atoms with E-state index in [0.717, 1.165) is 27.9 Å². The maximum absolute atomic E-state index is 9.13. The molecule has 2 atom stereocenters. The molecule has 1 saturated carbocycles. The van der Waals surface area contributed by atoms with Crippen molar-refractivity contribution in [2.45, 2.75) is 25.8 Å². The number of hydrogen-bond acceptors (Lipinski definition) is 2. The minimum atomic E-state index is 0.617. The molecule has 0 saturated heterocycles. The van der Waals surface area contributed by atoms with Gasteiger partial charge in [-0.25, -0.2) is 0 Å². The molecule has 2 aromatic carbocycles. The van der Waals surface area contributed by atoms with Crippen molar-refractivity contribution in [3.05, 3.63) is 42.0 Å². The lowest BCUT2D eigenvalue weighted by Crippen LogP contribution is -2.04. The van der Waals surface area contributed by atoms with Gasteiger partial charge in [-0.15, -0.1) is 0 Å². The molecule has 1 aliphatic carbocycles. The molecule has 0 aliphatic heterocycles. The van der Waals surface area contributed by atoms with Crippen LogP contribution < -0.4 is 5.32 Å². The highest BCUT2D eigenvalue weighted by Gasteiger charge is 2.35. The van der Waals surface area contributed by atoms with Crippen LogP contribution in [-0.2, 0) is 0 Å². The molecule has 18 heavy (non-hydrogen) atoms. The predicted molar refractivity (Wildman–Crippen MR) is 74.5 cm³/mol. The smallest absolute Gasteiger partial charge is 0.0998 e. The van der Waals surface area contributed by atoms with Crippen molar-refractivity contribution in [3.63, 3.8) is 0 Å². The average Bonchev–Trinajstić information content (AvgIpc) is 3.17. The maximum Gasteiger partial charge on any atom is 0.0998 e. The normalized spacial score (nSPS) is 21.6. The maximum atomic E-state index is 9.13. The SMILES string of the molecule is CCC1CC1Nc1ccc(C#N)c2ccccc12. The monoisotopic (exact) mass is 236 g/mol. The second-order valence-corrected chi connectivity index (χ2v) is 4.97. The summed E-state index contributed by atoms with van der Waals surface area (Å²) in [5.41, 5.74) is 1.91.